The summed E-state index contributed by atoms with van der Waals surface area (Å²) in [4.78, 5) is 27.9. The summed E-state index contributed by atoms with van der Waals surface area (Å²) in [6, 6.07) is 11.8. The second kappa shape index (κ2) is 6.54. The Bertz CT molecular complexity index is 961. The minimum absolute atomic E-state index is 0.172. The molecule has 0 aliphatic rings. The predicted octanol–water partition coefficient (Wildman–Crippen LogP) is 3.18. The van der Waals surface area contributed by atoms with Gasteiger partial charge in [0.1, 0.15) is 0 Å². The van der Waals surface area contributed by atoms with Crippen LogP contribution in [0.25, 0.3) is 22.4 Å². The number of esters is 1. The highest BCUT2D eigenvalue weighted by Gasteiger charge is 2.13. The van der Waals surface area contributed by atoms with Gasteiger partial charge >= 0.3 is 11.6 Å². The number of ether oxygens (including phenoxy) is 2. The fraction of sp³-hybridized carbons (Fsp3) is 0.167. The molecule has 0 N–H and O–H groups in total. The van der Waals surface area contributed by atoms with E-state index in [4.69, 9.17) is 13.9 Å². The average molecular weight is 325 g/mol. The molecule has 0 aliphatic heterocycles. The van der Waals surface area contributed by atoms with E-state index in [2.05, 4.69) is 4.98 Å². The van der Waals surface area contributed by atoms with Gasteiger partial charge in [0, 0.05) is 12.0 Å². The Morgan fingerprint density at radius 2 is 1.96 bits per heavy atom. The van der Waals surface area contributed by atoms with E-state index in [1.807, 2.05) is 0 Å². The van der Waals surface area contributed by atoms with Crippen molar-refractivity contribution in [1.29, 1.82) is 0 Å². The number of benzene rings is 2. The Balaban J connectivity index is 2.06. The molecule has 0 saturated carbocycles. The summed E-state index contributed by atoms with van der Waals surface area (Å²) in [5, 5.41) is 0.418. The van der Waals surface area contributed by atoms with Gasteiger partial charge < -0.3 is 13.9 Å². The third kappa shape index (κ3) is 2.99. The molecule has 0 atom stereocenters. The number of nitrogens with zero attached hydrogens (tertiary/aromatic N) is 1. The lowest BCUT2D eigenvalue weighted by Crippen LogP contribution is -2.07. The first-order chi connectivity index (χ1) is 11.6. The summed E-state index contributed by atoms with van der Waals surface area (Å²) in [7, 11) is 1.46. The zero-order valence-electron chi connectivity index (χ0n) is 13.2. The van der Waals surface area contributed by atoms with Gasteiger partial charge in [-0.3, -0.25) is 4.79 Å². The Kier molecular flexibility index (Phi) is 4.29. The second-order valence-corrected chi connectivity index (χ2v) is 5.02. The third-order valence-electron chi connectivity index (χ3n) is 3.46. The van der Waals surface area contributed by atoms with E-state index in [1.54, 1.807) is 49.4 Å². The molecule has 122 valence electrons. The van der Waals surface area contributed by atoms with Crippen molar-refractivity contribution >= 4 is 16.9 Å². The van der Waals surface area contributed by atoms with Crippen LogP contribution in [0.4, 0.5) is 0 Å². The molecule has 0 aliphatic carbocycles. The second-order valence-electron chi connectivity index (χ2n) is 5.02. The highest BCUT2D eigenvalue weighted by Crippen LogP contribution is 2.32. The summed E-state index contributed by atoms with van der Waals surface area (Å²) in [6.45, 7) is 1.71. The molecule has 6 heteroatoms. The zero-order valence-corrected chi connectivity index (χ0v) is 13.2. The number of rotatable bonds is 4. The van der Waals surface area contributed by atoms with E-state index in [0.717, 1.165) is 0 Å². The van der Waals surface area contributed by atoms with Crippen molar-refractivity contribution in [3.8, 4) is 23.0 Å². The molecule has 1 aromatic heterocycles. The maximum absolute atomic E-state index is 12.1. The molecule has 0 saturated heterocycles. The van der Waals surface area contributed by atoms with Gasteiger partial charge in [0.05, 0.1) is 18.0 Å². The molecular formula is C18H15NO5. The van der Waals surface area contributed by atoms with Crippen LogP contribution in [0, 0.1) is 0 Å². The fourth-order valence-electron chi connectivity index (χ4n) is 2.22. The topological polar surface area (TPSA) is 78.6 Å². The largest absolute Gasteiger partial charge is 0.493 e. The molecule has 0 fully saturated rings. The molecule has 0 bridgehead atoms. The van der Waals surface area contributed by atoms with Crippen LogP contribution in [0.3, 0.4) is 0 Å². The maximum atomic E-state index is 12.1. The fourth-order valence-corrected chi connectivity index (χ4v) is 2.22. The predicted molar refractivity (Wildman–Crippen MR) is 88.2 cm³/mol. The van der Waals surface area contributed by atoms with Crippen molar-refractivity contribution in [2.75, 3.05) is 7.11 Å². The lowest BCUT2D eigenvalue weighted by atomic mass is 10.2. The van der Waals surface area contributed by atoms with E-state index in [0.29, 0.717) is 28.0 Å². The SMILES string of the molecule is CCC(=O)Oc1ccc(-c2nc3ccccc3c(=O)o2)cc1OC. The Labute approximate surface area is 137 Å². The number of carbonyl (C=O) groups excluding carboxylic acids is 1. The van der Waals surface area contributed by atoms with Gasteiger partial charge in [0.15, 0.2) is 11.5 Å². The molecular weight excluding hydrogens is 310 g/mol. The van der Waals surface area contributed by atoms with Gasteiger partial charge in [-0.15, -0.1) is 0 Å². The van der Waals surface area contributed by atoms with Crippen molar-refractivity contribution < 1.29 is 18.7 Å². The lowest BCUT2D eigenvalue weighted by Gasteiger charge is -2.10. The van der Waals surface area contributed by atoms with Crippen LogP contribution in [0.2, 0.25) is 0 Å². The van der Waals surface area contributed by atoms with Crippen LogP contribution in [-0.2, 0) is 4.79 Å². The molecule has 0 amide bonds. The van der Waals surface area contributed by atoms with Crippen molar-refractivity contribution in [3.63, 3.8) is 0 Å². The number of fused-ring (bicyclic) bond motifs is 1. The van der Waals surface area contributed by atoms with E-state index < -0.39 is 5.63 Å². The summed E-state index contributed by atoms with van der Waals surface area (Å²) < 4.78 is 15.7. The van der Waals surface area contributed by atoms with Crippen molar-refractivity contribution in [2.24, 2.45) is 0 Å². The lowest BCUT2D eigenvalue weighted by molar-refractivity contribution is -0.134. The summed E-state index contributed by atoms with van der Waals surface area (Å²) in [5.74, 6) is 0.463. The van der Waals surface area contributed by atoms with Gasteiger partial charge in [-0.1, -0.05) is 19.1 Å². The number of aromatic nitrogens is 1. The number of hydrogen-bond donors (Lipinski definition) is 0. The Morgan fingerprint density at radius 1 is 1.17 bits per heavy atom. The van der Waals surface area contributed by atoms with Gasteiger partial charge in [-0.2, -0.15) is 0 Å². The Hall–Kier alpha value is -3.15. The van der Waals surface area contributed by atoms with Crippen LogP contribution in [0.1, 0.15) is 13.3 Å². The van der Waals surface area contributed by atoms with E-state index in [1.165, 1.54) is 7.11 Å². The first kappa shape index (κ1) is 15.7. The zero-order chi connectivity index (χ0) is 17.1. The number of para-hydroxylation sites is 1. The summed E-state index contributed by atoms with van der Waals surface area (Å²) in [6.07, 6.45) is 0.256. The van der Waals surface area contributed by atoms with E-state index in [9.17, 15) is 9.59 Å². The molecule has 1 heterocycles. The van der Waals surface area contributed by atoms with Gasteiger partial charge in [-0.05, 0) is 30.3 Å². The molecule has 0 spiro atoms. The first-order valence-corrected chi connectivity index (χ1v) is 7.41. The van der Waals surface area contributed by atoms with Crippen LogP contribution in [-0.4, -0.2) is 18.1 Å². The molecule has 0 unspecified atom stereocenters. The van der Waals surface area contributed by atoms with Crippen molar-refractivity contribution in [1.82, 2.24) is 4.98 Å². The van der Waals surface area contributed by atoms with Crippen molar-refractivity contribution in [2.45, 2.75) is 13.3 Å². The summed E-state index contributed by atoms with van der Waals surface area (Å²) >= 11 is 0. The Morgan fingerprint density at radius 3 is 2.71 bits per heavy atom. The van der Waals surface area contributed by atoms with Gasteiger partial charge in [-0.25, -0.2) is 9.78 Å². The standard InChI is InChI=1S/C18H15NO5/c1-3-16(20)23-14-9-8-11(10-15(14)22-2)17-19-13-7-5-4-6-12(13)18(21)24-17/h4-10H,3H2,1-2H3. The summed E-state index contributed by atoms with van der Waals surface area (Å²) in [5.41, 5.74) is 0.631. The van der Waals surface area contributed by atoms with Crippen LogP contribution >= 0.6 is 0 Å². The van der Waals surface area contributed by atoms with Crippen LogP contribution < -0.4 is 15.1 Å². The minimum atomic E-state index is -0.462. The molecule has 3 aromatic rings. The normalized spacial score (nSPS) is 10.6. The van der Waals surface area contributed by atoms with Crippen LogP contribution in [0.15, 0.2) is 51.7 Å². The highest BCUT2D eigenvalue weighted by molar-refractivity contribution is 5.79. The van der Waals surface area contributed by atoms with Gasteiger partial charge in [0.25, 0.3) is 0 Å². The molecule has 0 radical (unpaired) electrons. The quantitative estimate of drug-likeness (QED) is 0.541. The third-order valence-corrected chi connectivity index (χ3v) is 3.46. The van der Waals surface area contributed by atoms with Gasteiger partial charge in [0.2, 0.25) is 5.89 Å². The van der Waals surface area contributed by atoms with Crippen molar-refractivity contribution in [3.05, 3.63) is 52.9 Å². The average Bonchev–Trinajstić information content (AvgIpc) is 2.61. The van der Waals surface area contributed by atoms with E-state index >= 15 is 0 Å². The minimum Gasteiger partial charge on any atom is -0.493 e. The van der Waals surface area contributed by atoms with E-state index in [-0.39, 0.29) is 18.3 Å². The number of hydrogen-bond acceptors (Lipinski definition) is 6. The monoisotopic (exact) mass is 325 g/mol. The molecule has 6 nitrogen and oxygen atoms in total. The molecule has 24 heavy (non-hydrogen) atoms. The highest BCUT2D eigenvalue weighted by atomic mass is 16.6. The molecule has 3 rings (SSSR count). The number of methoxy groups -OCH3 is 1. The first-order valence-electron chi connectivity index (χ1n) is 7.41. The van der Waals surface area contributed by atoms with Crippen LogP contribution in [0.5, 0.6) is 11.5 Å². The smallest absolute Gasteiger partial charge is 0.347 e. The number of carbonyl (C=O) groups is 1. The maximum Gasteiger partial charge on any atom is 0.347 e. The molecule has 2 aromatic carbocycles.